The van der Waals surface area contributed by atoms with Gasteiger partial charge in [-0.15, -0.1) is 11.3 Å². The fourth-order valence-corrected chi connectivity index (χ4v) is 6.15. The standard InChI is InChI=1S/C24H30ClN5OS/c1-16-23-21(30(27-16)18-6-4-3-5-7-18)15-22(32-23)24(31)26-17-8-9-20(19(25)14-17)29-12-10-28(2)11-13-29/h8-9,14-15,18H,3-7,10-13H2,1-2H3,(H,26,31). The molecule has 5 rings (SSSR count). The second-order valence-corrected chi connectivity index (χ2v) is 10.5. The van der Waals surface area contributed by atoms with Gasteiger partial charge in [0.2, 0.25) is 0 Å². The van der Waals surface area contributed by atoms with E-state index in [9.17, 15) is 4.79 Å². The van der Waals surface area contributed by atoms with Crippen LogP contribution in [-0.2, 0) is 0 Å². The molecule has 6 nitrogen and oxygen atoms in total. The summed E-state index contributed by atoms with van der Waals surface area (Å²) in [5.41, 5.74) is 3.85. The van der Waals surface area contributed by atoms with Crippen LogP contribution < -0.4 is 10.2 Å². The van der Waals surface area contributed by atoms with Gasteiger partial charge in [-0.2, -0.15) is 5.10 Å². The number of rotatable bonds is 4. The van der Waals surface area contributed by atoms with Gasteiger partial charge in [-0.05, 0) is 51.1 Å². The molecule has 0 spiro atoms. The third kappa shape index (κ3) is 4.26. The normalized spacial score (nSPS) is 18.4. The van der Waals surface area contributed by atoms with Crippen molar-refractivity contribution in [2.75, 3.05) is 43.4 Å². The SMILES string of the molecule is Cc1nn(C2CCCCC2)c2cc(C(=O)Nc3ccc(N4CCN(C)CC4)c(Cl)c3)sc12. The number of likely N-dealkylation sites (N-methyl/N-ethyl adjacent to an activating group) is 1. The predicted octanol–water partition coefficient (Wildman–Crippen LogP) is 5.57. The van der Waals surface area contributed by atoms with E-state index in [2.05, 4.69) is 26.8 Å². The highest BCUT2D eigenvalue weighted by Gasteiger charge is 2.23. The van der Waals surface area contributed by atoms with Crippen LogP contribution in [0.15, 0.2) is 24.3 Å². The molecule has 2 aliphatic rings. The van der Waals surface area contributed by atoms with Gasteiger partial charge in [-0.25, -0.2) is 0 Å². The summed E-state index contributed by atoms with van der Waals surface area (Å²) in [5.74, 6) is -0.0933. The quantitative estimate of drug-likeness (QED) is 0.540. The van der Waals surface area contributed by atoms with Gasteiger partial charge in [0.25, 0.3) is 5.91 Å². The molecule has 3 aromatic rings. The Morgan fingerprint density at radius 1 is 1.12 bits per heavy atom. The molecule has 2 aromatic heterocycles. The Kier molecular flexibility index (Phi) is 6.14. The molecule has 2 fully saturated rings. The maximum absolute atomic E-state index is 13.0. The molecule has 1 amide bonds. The topological polar surface area (TPSA) is 53.4 Å². The van der Waals surface area contributed by atoms with Crippen molar-refractivity contribution in [1.82, 2.24) is 14.7 Å². The number of aryl methyl sites for hydroxylation is 1. The summed E-state index contributed by atoms with van der Waals surface area (Å²) < 4.78 is 3.28. The average molecular weight is 472 g/mol. The van der Waals surface area contributed by atoms with Crippen LogP contribution in [0.5, 0.6) is 0 Å². The number of nitrogens with zero attached hydrogens (tertiary/aromatic N) is 4. The van der Waals surface area contributed by atoms with Gasteiger partial charge in [0, 0.05) is 31.9 Å². The molecule has 8 heteroatoms. The molecule has 170 valence electrons. The lowest BCUT2D eigenvalue weighted by molar-refractivity contribution is 0.103. The summed E-state index contributed by atoms with van der Waals surface area (Å²) in [5, 5.41) is 8.51. The van der Waals surface area contributed by atoms with E-state index < -0.39 is 0 Å². The van der Waals surface area contributed by atoms with E-state index in [1.807, 2.05) is 31.2 Å². The van der Waals surface area contributed by atoms with Gasteiger partial charge < -0.3 is 15.1 Å². The fourth-order valence-electron chi connectivity index (χ4n) is 4.87. The third-order valence-electron chi connectivity index (χ3n) is 6.74. The zero-order chi connectivity index (χ0) is 22.2. The number of carbonyl (C=O) groups excluding carboxylic acids is 1. The van der Waals surface area contributed by atoms with Gasteiger partial charge in [0.15, 0.2) is 0 Å². The maximum atomic E-state index is 13.0. The van der Waals surface area contributed by atoms with Gasteiger partial charge in [-0.1, -0.05) is 30.9 Å². The third-order valence-corrected chi connectivity index (χ3v) is 8.27. The summed E-state index contributed by atoms with van der Waals surface area (Å²) in [7, 11) is 2.14. The number of hydrogen-bond donors (Lipinski definition) is 1. The molecule has 0 atom stereocenters. The molecule has 1 aliphatic carbocycles. The minimum Gasteiger partial charge on any atom is -0.368 e. The van der Waals surface area contributed by atoms with Crippen molar-refractivity contribution in [3.05, 3.63) is 39.9 Å². The van der Waals surface area contributed by atoms with E-state index in [4.69, 9.17) is 16.7 Å². The van der Waals surface area contributed by atoms with Crippen LogP contribution in [-0.4, -0.2) is 53.8 Å². The Labute approximate surface area is 198 Å². The summed E-state index contributed by atoms with van der Waals surface area (Å²) in [4.78, 5) is 18.4. The van der Waals surface area contributed by atoms with Crippen molar-refractivity contribution in [1.29, 1.82) is 0 Å². The molecular formula is C24H30ClN5OS. The first-order valence-electron chi connectivity index (χ1n) is 11.5. The van der Waals surface area contributed by atoms with E-state index >= 15 is 0 Å². The van der Waals surface area contributed by atoms with Gasteiger partial charge in [0.1, 0.15) is 0 Å². The first-order valence-corrected chi connectivity index (χ1v) is 12.7. The lowest BCUT2D eigenvalue weighted by Crippen LogP contribution is -2.44. The molecule has 1 saturated heterocycles. The molecule has 0 unspecified atom stereocenters. The summed E-state index contributed by atoms with van der Waals surface area (Å²) in [6.07, 6.45) is 6.17. The van der Waals surface area contributed by atoms with Crippen molar-refractivity contribution in [2.24, 2.45) is 0 Å². The number of amides is 1. The number of benzene rings is 1. The second-order valence-electron chi connectivity index (χ2n) is 9.06. The first kappa shape index (κ1) is 21.7. The largest absolute Gasteiger partial charge is 0.368 e. The zero-order valence-electron chi connectivity index (χ0n) is 18.7. The van der Waals surface area contributed by atoms with Crippen LogP contribution in [0.2, 0.25) is 5.02 Å². The number of nitrogens with one attached hydrogen (secondary N) is 1. The number of thiophene rings is 1. The lowest BCUT2D eigenvalue weighted by Gasteiger charge is -2.34. The van der Waals surface area contributed by atoms with Crippen molar-refractivity contribution in [3.8, 4) is 0 Å². The highest BCUT2D eigenvalue weighted by atomic mass is 35.5. The molecular weight excluding hydrogens is 442 g/mol. The highest BCUT2D eigenvalue weighted by Crippen LogP contribution is 2.36. The zero-order valence-corrected chi connectivity index (χ0v) is 20.3. The van der Waals surface area contributed by atoms with E-state index in [1.54, 1.807) is 0 Å². The van der Waals surface area contributed by atoms with Crippen LogP contribution >= 0.6 is 22.9 Å². The van der Waals surface area contributed by atoms with Crippen LogP contribution in [0.25, 0.3) is 10.2 Å². The van der Waals surface area contributed by atoms with Crippen molar-refractivity contribution in [2.45, 2.75) is 45.1 Å². The number of anilines is 2. The minimum absolute atomic E-state index is 0.0933. The number of carbonyl (C=O) groups is 1. The van der Waals surface area contributed by atoms with E-state index in [0.717, 1.165) is 53.5 Å². The minimum atomic E-state index is -0.0933. The number of aromatic nitrogens is 2. The summed E-state index contributed by atoms with van der Waals surface area (Å²) in [6.45, 7) is 6.01. The van der Waals surface area contributed by atoms with Crippen LogP contribution in [0, 0.1) is 6.92 Å². The molecule has 1 aromatic carbocycles. The van der Waals surface area contributed by atoms with Gasteiger partial charge in [-0.3, -0.25) is 9.48 Å². The number of fused-ring (bicyclic) bond motifs is 1. The Morgan fingerprint density at radius 2 is 1.88 bits per heavy atom. The van der Waals surface area contributed by atoms with E-state index in [0.29, 0.717) is 15.9 Å². The van der Waals surface area contributed by atoms with Crippen molar-refractivity contribution < 1.29 is 4.79 Å². The van der Waals surface area contributed by atoms with E-state index in [-0.39, 0.29) is 5.91 Å². The molecule has 3 heterocycles. The molecule has 32 heavy (non-hydrogen) atoms. The van der Waals surface area contributed by atoms with Crippen molar-refractivity contribution >= 4 is 50.4 Å². The Hall–Kier alpha value is -2.09. The van der Waals surface area contributed by atoms with E-state index in [1.165, 1.54) is 43.4 Å². The molecule has 0 radical (unpaired) electrons. The van der Waals surface area contributed by atoms with Crippen LogP contribution in [0.3, 0.4) is 0 Å². The molecule has 1 N–H and O–H groups in total. The summed E-state index contributed by atoms with van der Waals surface area (Å²) >= 11 is 8.11. The smallest absolute Gasteiger partial charge is 0.265 e. The first-order chi connectivity index (χ1) is 15.5. The molecule has 1 saturated carbocycles. The Morgan fingerprint density at radius 3 is 2.59 bits per heavy atom. The highest BCUT2D eigenvalue weighted by molar-refractivity contribution is 7.21. The predicted molar refractivity (Wildman–Crippen MR) is 134 cm³/mol. The number of hydrogen-bond acceptors (Lipinski definition) is 5. The summed E-state index contributed by atoms with van der Waals surface area (Å²) in [6, 6.07) is 8.27. The molecule has 0 bridgehead atoms. The fraction of sp³-hybridized carbons (Fsp3) is 0.500. The maximum Gasteiger partial charge on any atom is 0.265 e. The van der Waals surface area contributed by atoms with Crippen molar-refractivity contribution in [3.63, 3.8) is 0 Å². The number of piperazine rings is 1. The number of halogens is 1. The van der Waals surface area contributed by atoms with Crippen LogP contribution in [0.1, 0.15) is 53.5 Å². The lowest BCUT2D eigenvalue weighted by atomic mass is 9.95. The monoisotopic (exact) mass is 471 g/mol. The Balaban J connectivity index is 1.33. The Bertz CT molecular complexity index is 1130. The average Bonchev–Trinajstić information content (AvgIpc) is 3.36. The van der Waals surface area contributed by atoms with Gasteiger partial charge in [0.05, 0.1) is 37.5 Å². The second kappa shape index (κ2) is 9.04. The van der Waals surface area contributed by atoms with Gasteiger partial charge >= 0.3 is 0 Å². The molecule has 1 aliphatic heterocycles. The van der Waals surface area contributed by atoms with Crippen LogP contribution in [0.4, 0.5) is 11.4 Å².